The second kappa shape index (κ2) is 25.3. The van der Waals surface area contributed by atoms with E-state index < -0.39 is 7.12 Å². The van der Waals surface area contributed by atoms with Crippen molar-refractivity contribution in [3.63, 3.8) is 0 Å². The van der Waals surface area contributed by atoms with Crippen LogP contribution in [0.2, 0.25) is 5.02 Å². The molecule has 1 saturated heterocycles. The summed E-state index contributed by atoms with van der Waals surface area (Å²) in [5, 5.41) is 4.77. The first-order valence-corrected chi connectivity index (χ1v) is 27.1. The number of nitrogens with zero attached hydrogens (tertiary/aromatic N) is 4. The summed E-state index contributed by atoms with van der Waals surface area (Å²) in [6, 6.07) is 62.1. The number of benzene rings is 7. The summed E-state index contributed by atoms with van der Waals surface area (Å²) < 4.78 is 32.3. The Morgan fingerprint density at radius 2 is 0.792 bits per heavy atom. The van der Waals surface area contributed by atoms with E-state index in [4.69, 9.17) is 35.1 Å². The molecule has 386 valence electrons. The number of hydrogen-bond donors (Lipinski definition) is 0. The number of hydrogen-bond acceptors (Lipinski definition) is 9. The Hall–Kier alpha value is -7.19. The van der Waals surface area contributed by atoms with Crippen LogP contribution in [-0.4, -0.2) is 38.3 Å². The third kappa shape index (κ3) is 14.3. The van der Waals surface area contributed by atoms with E-state index in [1.54, 1.807) is 30.9 Å². The van der Waals surface area contributed by atoms with Crippen LogP contribution in [0.4, 0.5) is 0 Å². The standard InChI is InChI=1S/C22H24BNO3.C17H15NO.C16H12BrNO.C9H5BrClN/c1-21(2)22(3,4)27-23(26-21)17-10-11-19-18(14-17)20(12-13-24-19)25-15-16-8-6-5-7-9-16;1-13-7-8-16-15(11-13)17(9-10-18-16)19-12-14-5-3-2-4-6-14;17-13-6-7-15-14(10-13)16(8-9-18-15)19-11-12-4-2-1-3-5-12;10-6-1-2-9-7(5-6)8(11)3-4-12-9/h5-14H,15H2,1-4H3;2-11H,12H2,1H3;1-10H,11H2;1-5H. The van der Waals surface area contributed by atoms with Gasteiger partial charge in [0.1, 0.15) is 37.1 Å². The van der Waals surface area contributed by atoms with Gasteiger partial charge in [-0.2, -0.15) is 0 Å². The van der Waals surface area contributed by atoms with Crippen LogP contribution in [0.25, 0.3) is 43.6 Å². The summed E-state index contributed by atoms with van der Waals surface area (Å²) in [4.78, 5) is 17.3. The Balaban J connectivity index is 0.000000130. The number of aryl methyl sites for hydroxylation is 1. The Morgan fingerprint density at radius 3 is 1.25 bits per heavy atom. The molecule has 0 radical (unpaired) electrons. The third-order valence-corrected chi connectivity index (χ3v) is 14.4. The molecule has 0 unspecified atom stereocenters. The van der Waals surface area contributed by atoms with E-state index in [0.29, 0.717) is 19.8 Å². The second-order valence-electron chi connectivity index (χ2n) is 19.3. The van der Waals surface area contributed by atoms with Gasteiger partial charge >= 0.3 is 7.12 Å². The van der Waals surface area contributed by atoms with Crippen molar-refractivity contribution in [1.82, 2.24) is 19.9 Å². The molecule has 5 heterocycles. The largest absolute Gasteiger partial charge is 0.494 e. The van der Waals surface area contributed by atoms with Crippen molar-refractivity contribution in [2.75, 3.05) is 0 Å². The van der Waals surface area contributed by atoms with Crippen LogP contribution < -0.4 is 19.7 Å². The van der Waals surface area contributed by atoms with Gasteiger partial charge in [0.25, 0.3) is 0 Å². The molecule has 77 heavy (non-hydrogen) atoms. The van der Waals surface area contributed by atoms with Crippen LogP contribution in [0.15, 0.2) is 222 Å². The number of fused-ring (bicyclic) bond motifs is 4. The number of halogens is 3. The maximum absolute atomic E-state index is 6.18. The zero-order chi connectivity index (χ0) is 53.8. The summed E-state index contributed by atoms with van der Waals surface area (Å²) in [5.41, 5.74) is 8.62. The molecule has 9 nitrogen and oxygen atoms in total. The molecule has 1 aliphatic rings. The molecule has 0 spiro atoms. The fraction of sp³-hybridized carbons (Fsp3) is 0.156. The molecule has 11 aromatic rings. The Morgan fingerprint density at radius 1 is 0.429 bits per heavy atom. The minimum absolute atomic E-state index is 0.367. The van der Waals surface area contributed by atoms with Crippen molar-refractivity contribution in [3.8, 4) is 17.2 Å². The fourth-order valence-corrected chi connectivity index (χ4v) is 9.19. The first-order valence-electron chi connectivity index (χ1n) is 25.1. The lowest BCUT2D eigenvalue weighted by Gasteiger charge is -2.32. The van der Waals surface area contributed by atoms with Gasteiger partial charge < -0.3 is 23.5 Å². The monoisotopic (exact) mass is 1160 g/mol. The summed E-state index contributed by atoms with van der Waals surface area (Å²) in [6.45, 7) is 12.0. The van der Waals surface area contributed by atoms with Gasteiger partial charge in [0.05, 0.1) is 38.3 Å². The molecular formula is C64H56BBr2ClN4O5. The summed E-state index contributed by atoms with van der Waals surface area (Å²) >= 11 is 12.8. The molecule has 7 aromatic carbocycles. The van der Waals surface area contributed by atoms with Gasteiger partial charge in [-0.25, -0.2) is 0 Å². The zero-order valence-corrected chi connectivity index (χ0v) is 47.3. The lowest BCUT2D eigenvalue weighted by Crippen LogP contribution is -2.41. The average molecular weight is 1170 g/mol. The van der Waals surface area contributed by atoms with Crippen molar-refractivity contribution in [3.05, 3.63) is 249 Å². The highest BCUT2D eigenvalue weighted by Gasteiger charge is 2.51. The molecule has 0 bridgehead atoms. The van der Waals surface area contributed by atoms with Crippen LogP contribution in [0.3, 0.4) is 0 Å². The van der Waals surface area contributed by atoms with E-state index in [1.165, 1.54) is 11.1 Å². The van der Waals surface area contributed by atoms with Gasteiger partial charge in [0, 0.05) is 55.3 Å². The minimum atomic E-state index is -0.401. The van der Waals surface area contributed by atoms with Gasteiger partial charge in [-0.3, -0.25) is 19.9 Å². The summed E-state index contributed by atoms with van der Waals surface area (Å²) in [6.07, 6.45) is 7.05. The molecule has 1 aliphatic heterocycles. The predicted octanol–water partition coefficient (Wildman–Crippen LogP) is 16.5. The third-order valence-electron chi connectivity index (χ3n) is 13.1. The van der Waals surface area contributed by atoms with E-state index in [1.807, 2.05) is 127 Å². The molecule has 4 aromatic heterocycles. The van der Waals surface area contributed by atoms with E-state index in [0.717, 1.165) is 91.4 Å². The van der Waals surface area contributed by atoms with Gasteiger partial charge in [0.15, 0.2) is 0 Å². The van der Waals surface area contributed by atoms with Crippen molar-refractivity contribution >= 4 is 99.7 Å². The average Bonchev–Trinajstić information content (AvgIpc) is 3.73. The molecule has 0 atom stereocenters. The molecule has 13 heteroatoms. The topological polar surface area (TPSA) is 97.7 Å². The number of pyridine rings is 4. The number of aromatic nitrogens is 4. The van der Waals surface area contributed by atoms with Crippen LogP contribution >= 0.6 is 43.5 Å². The van der Waals surface area contributed by atoms with Crippen molar-refractivity contribution < 1.29 is 23.5 Å². The quantitative estimate of drug-likeness (QED) is 0.124. The van der Waals surface area contributed by atoms with Crippen LogP contribution in [0.1, 0.15) is 49.9 Å². The first kappa shape index (κ1) is 54.6. The second-order valence-corrected chi connectivity index (χ2v) is 21.5. The first-order chi connectivity index (χ1) is 37.3. The maximum Gasteiger partial charge on any atom is 0.494 e. The smallest absolute Gasteiger partial charge is 0.488 e. The molecule has 0 N–H and O–H groups in total. The fourth-order valence-electron chi connectivity index (χ4n) is 8.26. The molecule has 0 aliphatic carbocycles. The van der Waals surface area contributed by atoms with Crippen LogP contribution in [0.5, 0.6) is 17.2 Å². The van der Waals surface area contributed by atoms with E-state index in [2.05, 4.69) is 141 Å². The molecular weight excluding hydrogens is 1110 g/mol. The molecule has 0 amide bonds. The lowest BCUT2D eigenvalue weighted by molar-refractivity contribution is 0.00578. The number of rotatable bonds is 10. The lowest BCUT2D eigenvalue weighted by atomic mass is 9.78. The summed E-state index contributed by atoms with van der Waals surface area (Å²) in [5.74, 6) is 2.55. The minimum Gasteiger partial charge on any atom is -0.488 e. The highest BCUT2D eigenvalue weighted by atomic mass is 79.9. The van der Waals surface area contributed by atoms with Crippen LogP contribution in [0, 0.1) is 6.92 Å². The van der Waals surface area contributed by atoms with E-state index >= 15 is 0 Å². The van der Waals surface area contributed by atoms with Gasteiger partial charge in [-0.15, -0.1) is 0 Å². The van der Waals surface area contributed by atoms with Crippen molar-refractivity contribution in [1.29, 1.82) is 0 Å². The van der Waals surface area contributed by atoms with Gasteiger partial charge in [0.2, 0.25) is 0 Å². The highest BCUT2D eigenvalue weighted by Crippen LogP contribution is 2.37. The van der Waals surface area contributed by atoms with Crippen molar-refractivity contribution in [2.45, 2.75) is 65.6 Å². The highest BCUT2D eigenvalue weighted by molar-refractivity contribution is 9.10. The normalized spacial score (nSPS) is 13.2. The Bertz CT molecular complexity index is 3610. The van der Waals surface area contributed by atoms with E-state index in [-0.39, 0.29) is 11.2 Å². The SMILES string of the molecule is Brc1ccc2nccc(OCc3ccccc3)c2c1.CC1(C)OB(c2ccc3nccc(OCc4ccccc4)c3c2)OC1(C)C.Cc1ccc2nccc(OCc3ccccc3)c2c1.Clc1ccnc2ccc(Br)cc12. The molecule has 12 rings (SSSR count). The van der Waals surface area contributed by atoms with E-state index in [9.17, 15) is 0 Å². The Labute approximate surface area is 472 Å². The zero-order valence-electron chi connectivity index (χ0n) is 43.4. The van der Waals surface area contributed by atoms with Gasteiger partial charge in [-0.1, -0.05) is 152 Å². The number of ether oxygens (including phenoxy) is 3. The van der Waals surface area contributed by atoms with Crippen LogP contribution in [-0.2, 0) is 29.1 Å². The molecule has 0 saturated carbocycles. The predicted molar refractivity (Wildman–Crippen MR) is 320 cm³/mol. The summed E-state index contributed by atoms with van der Waals surface area (Å²) in [7, 11) is -0.401. The maximum atomic E-state index is 6.18. The van der Waals surface area contributed by atoms with Gasteiger partial charge in [-0.05, 0) is 142 Å². The molecule has 1 fully saturated rings. The Kier molecular flexibility index (Phi) is 17.9. The van der Waals surface area contributed by atoms with Crippen molar-refractivity contribution in [2.24, 2.45) is 0 Å².